The largest absolute Gasteiger partial charge is 0.497 e. The number of ether oxygens (including phenoxy) is 1. The number of methoxy groups -OCH3 is 1. The lowest BCUT2D eigenvalue weighted by Crippen LogP contribution is -2.32. The fraction of sp³-hybridized carbons (Fsp3) is 0.286. The Morgan fingerprint density at radius 2 is 1.85 bits per heavy atom. The third kappa shape index (κ3) is 2.95. The molecule has 0 unspecified atom stereocenters. The van der Waals surface area contributed by atoms with Crippen molar-refractivity contribution in [2.24, 2.45) is 4.99 Å². The van der Waals surface area contributed by atoms with E-state index < -0.39 is 0 Å². The molecule has 5 heteroatoms. The van der Waals surface area contributed by atoms with E-state index in [0.717, 1.165) is 22.5 Å². The zero-order chi connectivity index (χ0) is 18.3. The molecule has 0 fully saturated rings. The van der Waals surface area contributed by atoms with E-state index in [4.69, 9.17) is 9.73 Å². The van der Waals surface area contributed by atoms with Gasteiger partial charge in [-0.1, -0.05) is 45.8 Å². The van der Waals surface area contributed by atoms with Crippen molar-refractivity contribution in [2.45, 2.75) is 32.7 Å². The molecule has 3 nitrogen and oxygen atoms in total. The third-order valence-corrected chi connectivity index (χ3v) is 7.05. The summed E-state index contributed by atoms with van der Waals surface area (Å²) >= 11 is 0. The zero-order valence-corrected chi connectivity index (χ0v) is 17.1. The predicted octanol–water partition coefficient (Wildman–Crippen LogP) is 5.94. The van der Waals surface area contributed by atoms with Crippen molar-refractivity contribution >= 4 is 31.4 Å². The van der Waals surface area contributed by atoms with Crippen LogP contribution in [0.5, 0.6) is 5.75 Å². The summed E-state index contributed by atoms with van der Waals surface area (Å²) in [5.41, 5.74) is 5.88. The fourth-order valence-corrected chi connectivity index (χ4v) is 5.79. The van der Waals surface area contributed by atoms with Gasteiger partial charge < -0.3 is 10.1 Å². The lowest BCUT2D eigenvalue weighted by atomic mass is 9.84. The maximum atomic E-state index is 5.44. The van der Waals surface area contributed by atoms with Gasteiger partial charge in [0, 0.05) is 0 Å². The quantitative estimate of drug-likeness (QED) is 0.569. The average molecular weight is 383 g/mol. The van der Waals surface area contributed by atoms with Crippen LogP contribution in [0.1, 0.15) is 31.9 Å². The Morgan fingerprint density at radius 3 is 2.54 bits per heavy atom. The van der Waals surface area contributed by atoms with Gasteiger partial charge >= 0.3 is 0 Å². The van der Waals surface area contributed by atoms with Crippen LogP contribution in [0.4, 0.5) is 10.7 Å². The van der Waals surface area contributed by atoms with Gasteiger partial charge in [-0.15, -0.1) is 0 Å². The normalized spacial score (nSPS) is 15.2. The number of nitrogens with zero attached hydrogens (tertiary/aromatic N) is 1. The molecule has 1 aliphatic heterocycles. The molecule has 26 heavy (non-hydrogen) atoms. The predicted molar refractivity (Wildman–Crippen MR) is 112 cm³/mol. The molecule has 1 aliphatic rings. The van der Waals surface area contributed by atoms with E-state index in [-0.39, 0.29) is 5.54 Å². The van der Waals surface area contributed by atoms with Crippen LogP contribution in [0.25, 0.3) is 11.1 Å². The third-order valence-electron chi connectivity index (χ3n) is 4.82. The minimum absolute atomic E-state index is 0.144. The first kappa shape index (κ1) is 17.3. The molecule has 1 N–H and O–H groups in total. The van der Waals surface area contributed by atoms with E-state index in [1.54, 1.807) is 27.8 Å². The second-order valence-corrected chi connectivity index (χ2v) is 9.10. The van der Waals surface area contributed by atoms with Crippen molar-refractivity contribution in [3.05, 3.63) is 58.3 Å². The second-order valence-electron chi connectivity index (χ2n) is 6.97. The van der Waals surface area contributed by atoms with Crippen LogP contribution in [0, 0.1) is 0 Å². The summed E-state index contributed by atoms with van der Waals surface area (Å²) in [4.78, 5) is 4.94. The highest BCUT2D eigenvalue weighted by Gasteiger charge is 2.32. The highest BCUT2D eigenvalue weighted by Crippen LogP contribution is 2.46. The molecule has 0 bridgehead atoms. The molecule has 0 amide bonds. The van der Waals surface area contributed by atoms with E-state index in [9.17, 15) is 0 Å². The van der Waals surface area contributed by atoms with Gasteiger partial charge in [0.1, 0.15) is 15.4 Å². The molecule has 2 aromatic carbocycles. The van der Waals surface area contributed by atoms with Crippen LogP contribution in [0.2, 0.25) is 0 Å². The Kier molecular flexibility index (Phi) is 4.37. The monoisotopic (exact) mass is 382 g/mol. The van der Waals surface area contributed by atoms with Gasteiger partial charge in [0.25, 0.3) is 0 Å². The highest BCUT2D eigenvalue weighted by molar-refractivity contribution is 7.70. The number of rotatable bonds is 3. The van der Waals surface area contributed by atoms with Crippen LogP contribution in [0.15, 0.2) is 47.5 Å². The molecule has 0 aliphatic carbocycles. The van der Waals surface area contributed by atoms with E-state index in [2.05, 4.69) is 62.5 Å². The molecule has 0 saturated heterocycles. The van der Waals surface area contributed by atoms with Crippen LogP contribution in [-0.2, 0) is 12.0 Å². The Hall–Kier alpha value is -2.11. The van der Waals surface area contributed by atoms with Gasteiger partial charge in [0.15, 0.2) is 0 Å². The molecular formula is C21H22N2OS2. The van der Waals surface area contributed by atoms with Gasteiger partial charge in [0.05, 0.1) is 23.9 Å². The Bertz CT molecular complexity index is 1010. The average Bonchev–Trinajstić information content (AvgIpc) is 3.03. The summed E-state index contributed by atoms with van der Waals surface area (Å²) in [7, 11) is 5.20. The van der Waals surface area contributed by atoms with Crippen LogP contribution < -0.4 is 14.7 Å². The van der Waals surface area contributed by atoms with Crippen molar-refractivity contribution < 1.29 is 4.74 Å². The topological polar surface area (TPSA) is 33.6 Å². The van der Waals surface area contributed by atoms with Crippen molar-refractivity contribution in [3.8, 4) is 16.9 Å². The van der Waals surface area contributed by atoms with Crippen molar-refractivity contribution in [3.63, 3.8) is 0 Å². The second kappa shape index (κ2) is 6.56. The molecule has 0 radical (unpaired) electrons. The van der Waals surface area contributed by atoms with Crippen molar-refractivity contribution in [1.82, 2.24) is 0 Å². The van der Waals surface area contributed by atoms with Gasteiger partial charge in [-0.05, 0) is 61.2 Å². The number of aryl methyl sites for hydroxylation is 1. The number of anilines is 1. The zero-order valence-electron chi connectivity index (χ0n) is 15.4. The smallest absolute Gasteiger partial charge is 0.137 e. The number of hydrogen-bond acceptors (Lipinski definition) is 5. The van der Waals surface area contributed by atoms with Gasteiger partial charge in [-0.3, -0.25) is 0 Å². The maximum absolute atomic E-state index is 5.44. The summed E-state index contributed by atoms with van der Waals surface area (Å²) in [6.07, 6.45) is 1.05. The number of fused-ring (bicyclic) bond motifs is 3. The summed E-state index contributed by atoms with van der Waals surface area (Å²) in [5.74, 6) is 0.884. The summed E-state index contributed by atoms with van der Waals surface area (Å²) in [6, 6.07) is 14.8. The number of nitrogens with one attached hydrogen (secondary N) is 1. The molecule has 0 saturated carbocycles. The summed E-state index contributed by atoms with van der Waals surface area (Å²) in [5, 5.41) is 4.88. The minimum atomic E-state index is -0.144. The first-order valence-corrected chi connectivity index (χ1v) is 10.9. The van der Waals surface area contributed by atoms with Gasteiger partial charge in [-0.25, -0.2) is 4.99 Å². The van der Waals surface area contributed by atoms with Crippen molar-refractivity contribution in [2.75, 3.05) is 12.4 Å². The molecule has 4 rings (SSSR count). The Labute approximate surface area is 161 Å². The van der Waals surface area contributed by atoms with Crippen LogP contribution >= 0.6 is 20.7 Å². The Balaban J connectivity index is 1.88. The highest BCUT2D eigenvalue weighted by atomic mass is 32.9. The first-order valence-electron chi connectivity index (χ1n) is 8.75. The molecule has 3 aromatic rings. The minimum Gasteiger partial charge on any atom is -0.497 e. The van der Waals surface area contributed by atoms with E-state index in [1.165, 1.54) is 27.3 Å². The van der Waals surface area contributed by atoms with E-state index in [1.807, 2.05) is 6.07 Å². The van der Waals surface area contributed by atoms with Crippen molar-refractivity contribution in [1.29, 1.82) is 0 Å². The van der Waals surface area contributed by atoms with Crippen LogP contribution in [-0.4, -0.2) is 7.11 Å². The summed E-state index contributed by atoms with van der Waals surface area (Å²) < 4.78 is 6.50. The summed E-state index contributed by atoms with van der Waals surface area (Å²) in [6.45, 7) is 6.58. The maximum Gasteiger partial charge on any atom is 0.137 e. The molecule has 2 heterocycles. The molecular weight excluding hydrogens is 360 g/mol. The lowest BCUT2D eigenvalue weighted by molar-refractivity contribution is 0.413. The number of benzene rings is 2. The number of hydrogen-bond donors (Lipinski definition) is 1. The van der Waals surface area contributed by atoms with E-state index >= 15 is 0 Å². The molecule has 134 valence electrons. The van der Waals surface area contributed by atoms with Gasteiger partial charge in [0.2, 0.25) is 0 Å². The van der Waals surface area contributed by atoms with Crippen LogP contribution in [0.3, 0.4) is 0 Å². The SMILES string of the molecule is CCc1ccc(N=c2ssc3c2-c2ccc(OC)cc2C(C)(C)N3)cc1. The van der Waals surface area contributed by atoms with Gasteiger partial charge in [-0.2, -0.15) is 0 Å². The first-order chi connectivity index (χ1) is 12.5. The fourth-order valence-electron chi connectivity index (χ4n) is 3.32. The molecule has 0 atom stereocenters. The molecule has 0 spiro atoms. The molecule has 1 aromatic heterocycles. The lowest BCUT2D eigenvalue weighted by Gasteiger charge is -2.34. The Morgan fingerprint density at radius 1 is 1.08 bits per heavy atom. The van der Waals surface area contributed by atoms with E-state index in [0.29, 0.717) is 0 Å². The standard InChI is InChI=1S/C21H22N2OS2/c1-5-13-6-8-14(9-7-13)22-19-18-16-11-10-15(24-4)12-17(16)21(2,3)23-20(18)26-25-19/h6-12,23H,5H2,1-4H3.